The normalized spacial score (nSPS) is 11.0. The van der Waals surface area contributed by atoms with Crippen LogP contribution >= 0.6 is 0 Å². The third kappa shape index (κ3) is 6.92. The molecule has 0 aliphatic heterocycles. The van der Waals surface area contributed by atoms with Crippen molar-refractivity contribution in [2.24, 2.45) is 0 Å². The van der Waals surface area contributed by atoms with E-state index in [9.17, 15) is 10.2 Å². The zero-order chi connectivity index (χ0) is 38.4. The molecule has 0 fully saturated rings. The number of hydrogen-bond donors (Lipinski definition) is 2. The molecule has 0 amide bonds. The van der Waals surface area contributed by atoms with E-state index >= 15 is 0 Å². The van der Waals surface area contributed by atoms with Gasteiger partial charge in [0.25, 0.3) is 0 Å². The minimum atomic E-state index is -0.199. The van der Waals surface area contributed by atoms with Crippen molar-refractivity contribution in [1.29, 1.82) is 0 Å². The summed E-state index contributed by atoms with van der Waals surface area (Å²) in [5, 5.41) is 26.5. The van der Waals surface area contributed by atoms with Crippen molar-refractivity contribution in [3.8, 4) is 79.4 Å². The van der Waals surface area contributed by atoms with Crippen LogP contribution < -0.4 is 28.4 Å². The SMILES string of the molecule is COc1c(-c2cc(OCOc3ccccc3)c3cc(-c4ccccc4)ccc3c2O)c(O)c2ccc(-c3ccccc3)c(OC)c2c1OCOc1ccccc1. The molecule has 0 spiro atoms. The van der Waals surface area contributed by atoms with E-state index < -0.39 is 0 Å². The number of rotatable bonds is 13. The second kappa shape index (κ2) is 16.0. The van der Waals surface area contributed by atoms with E-state index in [-0.39, 0.29) is 47.7 Å². The molecule has 0 aromatic heterocycles. The van der Waals surface area contributed by atoms with E-state index in [4.69, 9.17) is 28.4 Å². The fraction of sp³-hybridized carbons (Fsp3) is 0.0833. The minimum Gasteiger partial charge on any atom is -0.507 e. The van der Waals surface area contributed by atoms with E-state index in [1.54, 1.807) is 19.2 Å². The Hall–Kier alpha value is -7.32. The molecule has 56 heavy (non-hydrogen) atoms. The van der Waals surface area contributed by atoms with Gasteiger partial charge in [0.2, 0.25) is 13.6 Å². The van der Waals surface area contributed by atoms with Gasteiger partial charge in [-0.15, -0.1) is 0 Å². The third-order valence-corrected chi connectivity index (χ3v) is 9.61. The topological polar surface area (TPSA) is 95.8 Å². The number of fused-ring (bicyclic) bond motifs is 2. The highest BCUT2D eigenvalue weighted by atomic mass is 16.7. The van der Waals surface area contributed by atoms with Crippen LogP contribution in [0, 0.1) is 0 Å². The zero-order valence-corrected chi connectivity index (χ0v) is 30.8. The third-order valence-electron chi connectivity index (χ3n) is 9.61. The highest BCUT2D eigenvalue weighted by Crippen LogP contribution is 2.57. The summed E-state index contributed by atoms with van der Waals surface area (Å²) in [7, 11) is 3.06. The Morgan fingerprint density at radius 3 is 1.57 bits per heavy atom. The number of methoxy groups -OCH3 is 2. The van der Waals surface area contributed by atoms with Crippen molar-refractivity contribution >= 4 is 21.5 Å². The Kier molecular flexibility index (Phi) is 10.2. The van der Waals surface area contributed by atoms with E-state index in [1.165, 1.54) is 7.11 Å². The highest BCUT2D eigenvalue weighted by Gasteiger charge is 2.29. The summed E-state index contributed by atoms with van der Waals surface area (Å²) in [6, 6.07) is 49.5. The molecule has 8 aromatic carbocycles. The molecule has 8 rings (SSSR count). The summed E-state index contributed by atoms with van der Waals surface area (Å²) in [6.07, 6.45) is 0. The van der Waals surface area contributed by atoms with Crippen LogP contribution in [0.5, 0.6) is 46.0 Å². The first-order chi connectivity index (χ1) is 27.6. The molecule has 278 valence electrons. The van der Waals surface area contributed by atoms with Gasteiger partial charge in [0.1, 0.15) is 34.5 Å². The average molecular weight is 743 g/mol. The second-order valence-electron chi connectivity index (χ2n) is 12.9. The number of aromatic hydroxyl groups is 2. The Balaban J connectivity index is 1.34. The number of phenols is 2. The predicted molar refractivity (Wildman–Crippen MR) is 219 cm³/mol. The molecule has 0 saturated heterocycles. The Morgan fingerprint density at radius 2 is 0.964 bits per heavy atom. The van der Waals surface area contributed by atoms with Gasteiger partial charge in [-0.05, 0) is 71.3 Å². The minimum absolute atomic E-state index is 0.0942. The predicted octanol–water partition coefficient (Wildman–Crippen LogP) is 11.3. The Bertz CT molecular complexity index is 2610. The standard InChI is InChI=1S/C48H38O8/c1-51-46-36(32-17-9-4-10-18-32)25-26-38-43(46)48(56-30-54-35-21-13-6-14-22-35)47(52-2)42(45(38)50)40-28-41(55-29-53-34-19-11-5-12-20-34)39-27-33(23-24-37(39)44(40)49)31-15-7-3-8-16-31/h3-28,49-50H,29-30H2,1-2H3. The van der Waals surface area contributed by atoms with Crippen molar-refractivity contribution in [2.75, 3.05) is 27.8 Å². The molecular formula is C48H38O8. The van der Waals surface area contributed by atoms with Gasteiger partial charge in [0, 0.05) is 27.3 Å². The maximum Gasteiger partial charge on any atom is 0.231 e. The molecule has 0 unspecified atom stereocenters. The zero-order valence-electron chi connectivity index (χ0n) is 30.8. The van der Waals surface area contributed by atoms with Crippen LogP contribution in [0.25, 0.3) is 54.9 Å². The number of benzene rings is 8. The largest absolute Gasteiger partial charge is 0.507 e. The second-order valence-corrected chi connectivity index (χ2v) is 12.9. The van der Waals surface area contributed by atoms with Crippen molar-refractivity contribution in [3.63, 3.8) is 0 Å². The molecule has 0 aliphatic rings. The Labute approximate surface area is 324 Å². The summed E-state index contributed by atoms with van der Waals surface area (Å²) in [4.78, 5) is 0. The highest BCUT2D eigenvalue weighted by molar-refractivity contribution is 6.11. The van der Waals surface area contributed by atoms with Crippen LogP contribution in [0.15, 0.2) is 158 Å². The lowest BCUT2D eigenvalue weighted by Crippen LogP contribution is -2.08. The van der Waals surface area contributed by atoms with E-state index in [0.717, 1.165) is 22.3 Å². The van der Waals surface area contributed by atoms with E-state index in [1.807, 2.05) is 146 Å². The van der Waals surface area contributed by atoms with Crippen LogP contribution in [0.1, 0.15) is 0 Å². The lowest BCUT2D eigenvalue weighted by Gasteiger charge is -2.23. The van der Waals surface area contributed by atoms with Gasteiger partial charge in [-0.3, -0.25) is 0 Å². The lowest BCUT2D eigenvalue weighted by atomic mass is 9.91. The summed E-state index contributed by atoms with van der Waals surface area (Å²) in [5.41, 5.74) is 4.05. The summed E-state index contributed by atoms with van der Waals surface area (Å²) in [5.74, 6) is 2.26. The van der Waals surface area contributed by atoms with Crippen molar-refractivity contribution in [2.45, 2.75) is 0 Å². The van der Waals surface area contributed by atoms with Crippen LogP contribution in [-0.4, -0.2) is 38.0 Å². The first-order valence-electron chi connectivity index (χ1n) is 18.0. The summed E-state index contributed by atoms with van der Waals surface area (Å²) in [6.45, 7) is -0.320. The van der Waals surface area contributed by atoms with E-state index in [0.29, 0.717) is 44.5 Å². The van der Waals surface area contributed by atoms with Crippen molar-refractivity contribution < 1.29 is 38.6 Å². The summed E-state index contributed by atoms with van der Waals surface area (Å²) >= 11 is 0. The monoisotopic (exact) mass is 742 g/mol. The van der Waals surface area contributed by atoms with Gasteiger partial charge in [0.15, 0.2) is 11.5 Å². The first kappa shape index (κ1) is 35.7. The molecule has 0 bridgehead atoms. The first-order valence-corrected chi connectivity index (χ1v) is 18.0. The molecule has 0 saturated carbocycles. The van der Waals surface area contributed by atoms with Crippen LogP contribution in [-0.2, 0) is 0 Å². The van der Waals surface area contributed by atoms with Gasteiger partial charge in [-0.25, -0.2) is 0 Å². The van der Waals surface area contributed by atoms with Crippen LogP contribution in [0.4, 0.5) is 0 Å². The molecule has 2 N–H and O–H groups in total. The Morgan fingerprint density at radius 1 is 0.411 bits per heavy atom. The number of phenolic OH excluding ortho intramolecular Hbond substituents is 2. The molecule has 8 aromatic rings. The van der Waals surface area contributed by atoms with Gasteiger partial charge in [-0.1, -0.05) is 103 Å². The van der Waals surface area contributed by atoms with Gasteiger partial charge >= 0.3 is 0 Å². The van der Waals surface area contributed by atoms with Gasteiger partial charge < -0.3 is 38.6 Å². The molecular weight excluding hydrogens is 705 g/mol. The molecule has 0 aliphatic carbocycles. The molecule has 0 atom stereocenters. The fourth-order valence-corrected chi connectivity index (χ4v) is 6.96. The maximum atomic E-state index is 12.3. The van der Waals surface area contributed by atoms with Gasteiger partial charge in [0.05, 0.1) is 25.2 Å². The molecule has 0 radical (unpaired) electrons. The van der Waals surface area contributed by atoms with Crippen LogP contribution in [0.3, 0.4) is 0 Å². The summed E-state index contributed by atoms with van der Waals surface area (Å²) < 4.78 is 36.9. The van der Waals surface area contributed by atoms with Crippen molar-refractivity contribution in [1.82, 2.24) is 0 Å². The van der Waals surface area contributed by atoms with Gasteiger partial charge in [-0.2, -0.15) is 0 Å². The molecule has 8 nitrogen and oxygen atoms in total. The fourth-order valence-electron chi connectivity index (χ4n) is 6.96. The average Bonchev–Trinajstić information content (AvgIpc) is 3.26. The molecule has 8 heteroatoms. The number of hydrogen-bond acceptors (Lipinski definition) is 8. The smallest absolute Gasteiger partial charge is 0.231 e. The lowest BCUT2D eigenvalue weighted by molar-refractivity contribution is 0.118. The van der Waals surface area contributed by atoms with Crippen LogP contribution in [0.2, 0.25) is 0 Å². The maximum absolute atomic E-state index is 12.3. The van der Waals surface area contributed by atoms with E-state index in [2.05, 4.69) is 0 Å². The number of para-hydroxylation sites is 2. The quantitative estimate of drug-likeness (QED) is 0.113. The molecule has 0 heterocycles. The number of ether oxygens (including phenoxy) is 6. The van der Waals surface area contributed by atoms with Crippen molar-refractivity contribution in [3.05, 3.63) is 158 Å².